The summed E-state index contributed by atoms with van der Waals surface area (Å²) in [5.41, 5.74) is 1.23. The maximum atomic E-state index is 11.5. The molecule has 1 aliphatic carbocycles. The van der Waals surface area contributed by atoms with E-state index >= 15 is 0 Å². The van der Waals surface area contributed by atoms with E-state index in [-0.39, 0.29) is 12.1 Å². The molecule has 2 nitrogen and oxygen atoms in total. The van der Waals surface area contributed by atoms with Crippen LogP contribution < -0.4 is 0 Å². The van der Waals surface area contributed by atoms with Crippen LogP contribution in [0.1, 0.15) is 52.9 Å². The number of hydrogen-bond acceptors (Lipinski definition) is 2. The molecule has 0 aromatic rings. The van der Waals surface area contributed by atoms with E-state index in [1.54, 1.807) is 0 Å². The van der Waals surface area contributed by atoms with Crippen molar-refractivity contribution in [2.45, 2.75) is 59.0 Å². The van der Waals surface area contributed by atoms with Gasteiger partial charge in [0.15, 0.2) is 0 Å². The number of carbonyl (C=O) groups is 1. The average molecular weight is 224 g/mol. The summed E-state index contributed by atoms with van der Waals surface area (Å²) in [6.07, 6.45) is 4.81. The molecule has 3 atom stereocenters. The Balaban J connectivity index is 2.49. The van der Waals surface area contributed by atoms with E-state index in [2.05, 4.69) is 20.4 Å². The van der Waals surface area contributed by atoms with Gasteiger partial charge in [-0.3, -0.25) is 4.79 Å². The molecule has 0 N–H and O–H groups in total. The van der Waals surface area contributed by atoms with Gasteiger partial charge in [-0.2, -0.15) is 0 Å². The minimum absolute atomic E-state index is 0.0401. The fourth-order valence-electron chi connectivity index (χ4n) is 2.32. The summed E-state index contributed by atoms with van der Waals surface area (Å²) in [5, 5.41) is 0. The van der Waals surface area contributed by atoms with Gasteiger partial charge in [0.25, 0.3) is 0 Å². The highest BCUT2D eigenvalue weighted by molar-refractivity contribution is 5.69. The maximum Gasteiger partial charge on any atom is 0.306 e. The van der Waals surface area contributed by atoms with E-state index in [0.717, 1.165) is 19.3 Å². The molecule has 1 aliphatic rings. The minimum atomic E-state index is -0.0401. The standard InChI is InChI=1S/C14H24O2/c1-5-6-14(15)16-13-9-12(10(2)3)8-7-11(13)4/h11-13H,2,5-9H2,1,3-4H3. The lowest BCUT2D eigenvalue weighted by atomic mass is 9.78. The van der Waals surface area contributed by atoms with Crippen molar-refractivity contribution in [1.29, 1.82) is 0 Å². The van der Waals surface area contributed by atoms with Gasteiger partial charge in [-0.25, -0.2) is 0 Å². The van der Waals surface area contributed by atoms with Gasteiger partial charge >= 0.3 is 5.97 Å². The Kier molecular flexibility index (Phi) is 5.04. The summed E-state index contributed by atoms with van der Waals surface area (Å²) in [7, 11) is 0. The number of hydrogen-bond donors (Lipinski definition) is 0. The lowest BCUT2D eigenvalue weighted by Crippen LogP contribution is -2.32. The fourth-order valence-corrected chi connectivity index (χ4v) is 2.32. The van der Waals surface area contributed by atoms with Crippen LogP contribution in [-0.4, -0.2) is 12.1 Å². The zero-order valence-corrected chi connectivity index (χ0v) is 10.8. The van der Waals surface area contributed by atoms with Crippen LogP contribution in [0.5, 0.6) is 0 Å². The van der Waals surface area contributed by atoms with Crippen LogP contribution in [0.15, 0.2) is 12.2 Å². The minimum Gasteiger partial charge on any atom is -0.462 e. The second-order valence-electron chi connectivity index (χ2n) is 5.11. The van der Waals surface area contributed by atoms with Crippen LogP contribution in [0.25, 0.3) is 0 Å². The van der Waals surface area contributed by atoms with Gasteiger partial charge in [0, 0.05) is 6.42 Å². The highest BCUT2D eigenvalue weighted by atomic mass is 16.5. The highest BCUT2D eigenvalue weighted by Crippen LogP contribution is 2.34. The van der Waals surface area contributed by atoms with Gasteiger partial charge in [-0.1, -0.05) is 26.0 Å². The van der Waals surface area contributed by atoms with Crippen molar-refractivity contribution in [2.24, 2.45) is 11.8 Å². The molecule has 1 rings (SSSR count). The lowest BCUT2D eigenvalue weighted by Gasteiger charge is -2.34. The van der Waals surface area contributed by atoms with E-state index in [0.29, 0.717) is 18.3 Å². The van der Waals surface area contributed by atoms with E-state index in [1.165, 1.54) is 12.0 Å². The maximum absolute atomic E-state index is 11.5. The van der Waals surface area contributed by atoms with Crippen molar-refractivity contribution in [3.8, 4) is 0 Å². The molecule has 0 bridgehead atoms. The Morgan fingerprint density at radius 1 is 1.44 bits per heavy atom. The third-order valence-electron chi connectivity index (χ3n) is 3.56. The Morgan fingerprint density at radius 3 is 2.69 bits per heavy atom. The van der Waals surface area contributed by atoms with Gasteiger partial charge in [-0.05, 0) is 44.4 Å². The Hall–Kier alpha value is -0.790. The first kappa shape index (κ1) is 13.3. The van der Waals surface area contributed by atoms with Gasteiger partial charge in [0.05, 0.1) is 0 Å². The predicted molar refractivity (Wildman–Crippen MR) is 66.1 cm³/mol. The number of carbonyl (C=O) groups excluding carboxylic acids is 1. The third kappa shape index (κ3) is 3.66. The van der Waals surface area contributed by atoms with Crippen molar-refractivity contribution >= 4 is 5.97 Å². The van der Waals surface area contributed by atoms with Crippen LogP contribution in [0.4, 0.5) is 0 Å². The molecular formula is C14H24O2. The molecule has 0 aliphatic heterocycles. The van der Waals surface area contributed by atoms with Gasteiger partial charge in [0.2, 0.25) is 0 Å². The summed E-state index contributed by atoms with van der Waals surface area (Å²) in [4.78, 5) is 11.5. The quantitative estimate of drug-likeness (QED) is 0.537. The topological polar surface area (TPSA) is 26.3 Å². The van der Waals surface area contributed by atoms with Crippen molar-refractivity contribution in [3.63, 3.8) is 0 Å². The predicted octanol–water partition coefficient (Wildman–Crippen LogP) is 3.71. The van der Waals surface area contributed by atoms with Crippen LogP contribution in [0.3, 0.4) is 0 Å². The largest absolute Gasteiger partial charge is 0.462 e. The summed E-state index contributed by atoms with van der Waals surface area (Å²) in [6.45, 7) is 10.3. The van der Waals surface area contributed by atoms with Crippen molar-refractivity contribution in [1.82, 2.24) is 0 Å². The van der Waals surface area contributed by atoms with Crippen LogP contribution in [0.2, 0.25) is 0 Å². The molecule has 0 aromatic heterocycles. The second kappa shape index (κ2) is 6.07. The van der Waals surface area contributed by atoms with Gasteiger partial charge in [-0.15, -0.1) is 0 Å². The van der Waals surface area contributed by atoms with Gasteiger partial charge in [0.1, 0.15) is 6.10 Å². The molecule has 0 amide bonds. The number of allylic oxidation sites excluding steroid dienone is 1. The van der Waals surface area contributed by atoms with E-state index < -0.39 is 0 Å². The van der Waals surface area contributed by atoms with Gasteiger partial charge < -0.3 is 4.74 Å². The van der Waals surface area contributed by atoms with Crippen LogP contribution in [-0.2, 0) is 9.53 Å². The summed E-state index contributed by atoms with van der Waals surface area (Å²) in [5.74, 6) is 0.994. The van der Waals surface area contributed by atoms with Crippen LogP contribution >= 0.6 is 0 Å². The van der Waals surface area contributed by atoms with E-state index in [9.17, 15) is 4.79 Å². The summed E-state index contributed by atoms with van der Waals surface area (Å²) < 4.78 is 5.54. The van der Waals surface area contributed by atoms with Crippen molar-refractivity contribution in [2.75, 3.05) is 0 Å². The molecule has 0 saturated heterocycles. The molecule has 16 heavy (non-hydrogen) atoms. The Labute approximate surface area is 99.1 Å². The Bertz CT molecular complexity index is 257. The molecule has 1 saturated carbocycles. The van der Waals surface area contributed by atoms with E-state index in [1.807, 2.05) is 6.92 Å². The number of rotatable bonds is 4. The van der Waals surface area contributed by atoms with E-state index in [4.69, 9.17) is 4.74 Å². The second-order valence-corrected chi connectivity index (χ2v) is 5.11. The molecule has 1 fully saturated rings. The van der Waals surface area contributed by atoms with Crippen molar-refractivity contribution in [3.05, 3.63) is 12.2 Å². The smallest absolute Gasteiger partial charge is 0.306 e. The SMILES string of the molecule is C=C(C)C1CCC(C)C(OC(=O)CCC)C1. The monoisotopic (exact) mass is 224 g/mol. The van der Waals surface area contributed by atoms with Crippen LogP contribution in [0, 0.1) is 11.8 Å². The zero-order valence-electron chi connectivity index (χ0n) is 10.8. The molecule has 0 radical (unpaired) electrons. The first-order valence-electron chi connectivity index (χ1n) is 6.39. The first-order chi connectivity index (χ1) is 7.54. The molecule has 0 spiro atoms. The zero-order chi connectivity index (χ0) is 12.1. The highest BCUT2D eigenvalue weighted by Gasteiger charge is 2.30. The number of ether oxygens (including phenoxy) is 1. The molecule has 3 unspecified atom stereocenters. The molecule has 92 valence electrons. The normalized spacial score (nSPS) is 29.8. The molecule has 0 aromatic carbocycles. The summed E-state index contributed by atoms with van der Waals surface area (Å²) >= 11 is 0. The average Bonchev–Trinajstić information content (AvgIpc) is 2.21. The summed E-state index contributed by atoms with van der Waals surface area (Å²) in [6, 6.07) is 0. The lowest BCUT2D eigenvalue weighted by molar-refractivity contribution is -0.154. The van der Waals surface area contributed by atoms with Crippen molar-refractivity contribution < 1.29 is 9.53 Å². The molecule has 0 heterocycles. The third-order valence-corrected chi connectivity index (χ3v) is 3.56. The Morgan fingerprint density at radius 2 is 2.12 bits per heavy atom. The fraction of sp³-hybridized carbons (Fsp3) is 0.786. The molecule has 2 heteroatoms. The molecular weight excluding hydrogens is 200 g/mol. The first-order valence-corrected chi connectivity index (χ1v) is 6.39. The number of esters is 1.